The monoisotopic (exact) mass is 928 g/mol. The summed E-state index contributed by atoms with van der Waals surface area (Å²) in [5.74, 6) is 0. The van der Waals surface area contributed by atoms with Crippen LogP contribution >= 0.6 is 0 Å². The summed E-state index contributed by atoms with van der Waals surface area (Å²) in [6.45, 7) is 13.1. The highest BCUT2D eigenvalue weighted by Gasteiger charge is 2.28. The molecular weight excluding hydrogens is 877 g/mol. The highest BCUT2D eigenvalue weighted by molar-refractivity contribution is 6.31. The van der Waals surface area contributed by atoms with Crippen LogP contribution in [0.4, 0.5) is 34.1 Å². The number of hydrogen-bond acceptors (Lipinski definition) is 4. The van der Waals surface area contributed by atoms with Crippen LogP contribution < -0.4 is 9.80 Å². The first kappa shape index (κ1) is 43.2. The Hall–Kier alpha value is -8.86. The van der Waals surface area contributed by atoms with Crippen LogP contribution in [0.25, 0.3) is 87.7 Å². The molecule has 13 rings (SSSR count). The SMILES string of the molecule is Cc1ccc(C)c(N(c2ccc3cc4c(cc3c2)oc2c3oc5cc6cc(N(c7ccccc7C)c7cc(C)ccc7C)ccc6cc5c3c(-c3ccccc3)c(-c3ccccc3)c42)c2ccccc2C)c1. The van der Waals surface area contributed by atoms with E-state index < -0.39 is 0 Å². The van der Waals surface area contributed by atoms with E-state index in [-0.39, 0.29) is 0 Å². The van der Waals surface area contributed by atoms with Gasteiger partial charge in [-0.3, -0.25) is 0 Å². The number of hydrogen-bond donors (Lipinski definition) is 0. The van der Waals surface area contributed by atoms with Gasteiger partial charge in [0.15, 0.2) is 11.2 Å². The van der Waals surface area contributed by atoms with Crippen molar-refractivity contribution in [1.82, 2.24) is 0 Å². The molecule has 11 aromatic carbocycles. The Morgan fingerprint density at radius 1 is 0.306 bits per heavy atom. The van der Waals surface area contributed by atoms with Gasteiger partial charge in [-0.05, 0) is 180 Å². The Kier molecular flexibility index (Phi) is 10.2. The quantitative estimate of drug-likeness (QED) is 0.152. The van der Waals surface area contributed by atoms with Crippen LogP contribution in [0, 0.1) is 41.5 Å². The molecule has 0 saturated heterocycles. The maximum atomic E-state index is 7.24. The summed E-state index contributed by atoms with van der Waals surface area (Å²) in [6.07, 6.45) is 0. The number of anilines is 6. The van der Waals surface area contributed by atoms with E-state index in [0.29, 0.717) is 0 Å². The molecule has 2 aromatic heterocycles. The Morgan fingerprint density at radius 3 is 1.11 bits per heavy atom. The fourth-order valence-electron chi connectivity index (χ4n) is 11.2. The molecule has 346 valence electrons. The molecule has 0 fully saturated rings. The molecule has 0 unspecified atom stereocenters. The lowest BCUT2D eigenvalue weighted by molar-refractivity contribution is 0.634. The van der Waals surface area contributed by atoms with Crippen LogP contribution in [-0.4, -0.2) is 0 Å². The molecule has 13 aromatic rings. The van der Waals surface area contributed by atoms with E-state index in [2.05, 4.69) is 258 Å². The lowest BCUT2D eigenvalue weighted by Gasteiger charge is -2.29. The average molecular weight is 929 g/mol. The summed E-state index contributed by atoms with van der Waals surface area (Å²) in [5, 5.41) is 8.63. The molecule has 0 saturated carbocycles. The molecule has 0 bridgehead atoms. The predicted molar refractivity (Wildman–Crippen MR) is 305 cm³/mol. The third-order valence-electron chi connectivity index (χ3n) is 14.8. The summed E-state index contributed by atoms with van der Waals surface area (Å²) in [4.78, 5) is 4.79. The number of aryl methyl sites for hydroxylation is 6. The first-order chi connectivity index (χ1) is 35.2. The molecule has 0 amide bonds. The van der Waals surface area contributed by atoms with Crippen molar-refractivity contribution >= 4 is 99.5 Å². The maximum absolute atomic E-state index is 7.24. The number of nitrogens with zero attached hydrogens (tertiary/aromatic N) is 2. The van der Waals surface area contributed by atoms with Gasteiger partial charge in [0.1, 0.15) is 11.2 Å². The van der Waals surface area contributed by atoms with E-state index in [9.17, 15) is 0 Å². The summed E-state index contributed by atoms with van der Waals surface area (Å²) < 4.78 is 14.5. The molecule has 72 heavy (non-hydrogen) atoms. The van der Waals surface area contributed by atoms with E-state index in [0.717, 1.165) is 122 Å². The molecule has 0 radical (unpaired) electrons. The normalized spacial score (nSPS) is 11.8. The van der Waals surface area contributed by atoms with Crippen LogP contribution in [-0.2, 0) is 0 Å². The number of para-hydroxylation sites is 2. The van der Waals surface area contributed by atoms with Gasteiger partial charge in [-0.1, -0.05) is 133 Å². The van der Waals surface area contributed by atoms with Crippen LogP contribution in [0.5, 0.6) is 0 Å². The van der Waals surface area contributed by atoms with Crippen molar-refractivity contribution in [3.05, 3.63) is 240 Å². The highest BCUT2D eigenvalue weighted by atomic mass is 16.4. The van der Waals surface area contributed by atoms with Gasteiger partial charge < -0.3 is 18.6 Å². The summed E-state index contributed by atoms with van der Waals surface area (Å²) in [7, 11) is 0. The standard InChI is InChI=1S/C68H52N2O2/c1-41-25-27-45(5)59(33-41)69(57-23-15-13-17-43(57)3)53-31-29-49-37-55-61(39-51(49)35-53)71-67-65(55)63(47-19-9-7-10-20-47)64(48-21-11-8-12-22-48)66-56-38-50-30-32-54(36-52(50)40-62(56)72-68(66)67)70(58-24-16-14-18-44(58)4)60-34-42(2)26-28-46(60)6/h7-40H,1-6H3. The Labute approximate surface area is 419 Å². The van der Waals surface area contributed by atoms with E-state index in [1.807, 2.05) is 0 Å². The molecule has 2 heterocycles. The van der Waals surface area contributed by atoms with Crippen LogP contribution in [0.1, 0.15) is 33.4 Å². The smallest absolute Gasteiger partial charge is 0.179 e. The zero-order chi connectivity index (χ0) is 48.8. The Balaban J connectivity index is 1.07. The molecule has 0 N–H and O–H groups in total. The third kappa shape index (κ3) is 7.05. The van der Waals surface area contributed by atoms with E-state index in [1.165, 1.54) is 33.4 Å². The van der Waals surface area contributed by atoms with Crippen LogP contribution in [0.3, 0.4) is 0 Å². The average Bonchev–Trinajstić information content (AvgIpc) is 3.96. The van der Waals surface area contributed by atoms with Gasteiger partial charge >= 0.3 is 0 Å². The van der Waals surface area contributed by atoms with Gasteiger partial charge in [0.25, 0.3) is 0 Å². The van der Waals surface area contributed by atoms with Gasteiger partial charge in [0, 0.05) is 66.8 Å². The molecule has 0 spiro atoms. The fourth-order valence-corrected chi connectivity index (χ4v) is 11.2. The maximum Gasteiger partial charge on any atom is 0.179 e. The number of fused-ring (bicyclic) bond motifs is 9. The first-order valence-corrected chi connectivity index (χ1v) is 24.9. The number of rotatable bonds is 8. The first-order valence-electron chi connectivity index (χ1n) is 24.9. The summed E-state index contributed by atoms with van der Waals surface area (Å²) in [6, 6.07) is 75.0. The zero-order valence-electron chi connectivity index (χ0n) is 41.3. The summed E-state index contributed by atoms with van der Waals surface area (Å²) >= 11 is 0. The van der Waals surface area contributed by atoms with Gasteiger partial charge in [-0.15, -0.1) is 0 Å². The molecule has 4 nitrogen and oxygen atoms in total. The highest BCUT2D eigenvalue weighted by Crippen LogP contribution is 2.52. The second-order valence-corrected chi connectivity index (χ2v) is 19.7. The van der Waals surface area contributed by atoms with E-state index in [1.54, 1.807) is 0 Å². The number of benzene rings is 11. The van der Waals surface area contributed by atoms with Crippen molar-refractivity contribution in [2.45, 2.75) is 41.5 Å². The minimum atomic E-state index is 0.743. The van der Waals surface area contributed by atoms with Crippen LogP contribution in [0.2, 0.25) is 0 Å². The van der Waals surface area contributed by atoms with E-state index >= 15 is 0 Å². The minimum absolute atomic E-state index is 0.743. The van der Waals surface area contributed by atoms with Crippen molar-refractivity contribution in [2.75, 3.05) is 9.80 Å². The predicted octanol–water partition coefficient (Wildman–Crippen LogP) is 19.9. The lowest BCUT2D eigenvalue weighted by Crippen LogP contribution is -2.12. The zero-order valence-corrected chi connectivity index (χ0v) is 41.3. The third-order valence-corrected chi connectivity index (χ3v) is 14.8. The molecule has 0 aliphatic rings. The van der Waals surface area contributed by atoms with E-state index in [4.69, 9.17) is 8.83 Å². The van der Waals surface area contributed by atoms with Crippen molar-refractivity contribution in [1.29, 1.82) is 0 Å². The van der Waals surface area contributed by atoms with Crippen LogP contribution in [0.15, 0.2) is 215 Å². The van der Waals surface area contributed by atoms with Gasteiger partial charge in [0.05, 0.1) is 0 Å². The Bertz CT molecular complexity index is 4020. The minimum Gasteiger partial charge on any atom is -0.452 e. The van der Waals surface area contributed by atoms with Gasteiger partial charge in [0.2, 0.25) is 0 Å². The molecule has 4 heteroatoms. The van der Waals surface area contributed by atoms with Crippen molar-refractivity contribution < 1.29 is 8.83 Å². The van der Waals surface area contributed by atoms with Crippen molar-refractivity contribution in [3.8, 4) is 22.3 Å². The summed E-state index contributed by atoms with van der Waals surface area (Å²) in [5.41, 5.74) is 21.7. The number of furan rings is 2. The largest absolute Gasteiger partial charge is 0.452 e. The lowest BCUT2D eigenvalue weighted by atomic mass is 9.87. The molecule has 0 atom stereocenters. The molecule has 0 aliphatic heterocycles. The molecular formula is C68H52N2O2. The second kappa shape index (κ2) is 16.9. The van der Waals surface area contributed by atoms with Gasteiger partial charge in [-0.25, -0.2) is 0 Å². The fraction of sp³-hybridized carbons (Fsp3) is 0.0882. The molecule has 0 aliphatic carbocycles. The van der Waals surface area contributed by atoms with Gasteiger partial charge in [-0.2, -0.15) is 0 Å². The second-order valence-electron chi connectivity index (χ2n) is 19.7. The van der Waals surface area contributed by atoms with Crippen molar-refractivity contribution in [2.24, 2.45) is 0 Å². The van der Waals surface area contributed by atoms with Crippen molar-refractivity contribution in [3.63, 3.8) is 0 Å². The Morgan fingerprint density at radius 2 is 0.694 bits per heavy atom. The topological polar surface area (TPSA) is 32.8 Å².